The van der Waals surface area contributed by atoms with Gasteiger partial charge in [0.25, 0.3) is 5.91 Å². The van der Waals surface area contributed by atoms with E-state index in [1.807, 2.05) is 36.1 Å². The first kappa shape index (κ1) is 16.7. The number of fused-ring (bicyclic) bond motifs is 1. The van der Waals surface area contributed by atoms with E-state index >= 15 is 0 Å². The fraction of sp³-hybridized carbons (Fsp3) is 0.318. The number of aromatic nitrogens is 1. The lowest BCUT2D eigenvalue weighted by molar-refractivity contribution is 0.0748. The summed E-state index contributed by atoms with van der Waals surface area (Å²) in [5.41, 5.74) is 6.74. The van der Waals surface area contributed by atoms with Crippen molar-refractivity contribution in [3.63, 3.8) is 0 Å². The van der Waals surface area contributed by atoms with Crippen molar-refractivity contribution in [2.45, 2.75) is 20.8 Å². The van der Waals surface area contributed by atoms with Gasteiger partial charge in [-0.3, -0.25) is 4.79 Å². The zero-order valence-corrected chi connectivity index (χ0v) is 15.7. The van der Waals surface area contributed by atoms with Crippen molar-refractivity contribution in [2.75, 3.05) is 31.1 Å². The van der Waals surface area contributed by atoms with Crippen molar-refractivity contribution < 1.29 is 4.79 Å². The smallest absolute Gasteiger partial charge is 0.256 e. The molecule has 1 N–H and O–H groups in total. The summed E-state index contributed by atoms with van der Waals surface area (Å²) in [5.74, 6) is 0.139. The van der Waals surface area contributed by atoms with Gasteiger partial charge in [-0.15, -0.1) is 0 Å². The summed E-state index contributed by atoms with van der Waals surface area (Å²) in [5, 5.41) is 1.02. The highest BCUT2D eigenvalue weighted by Crippen LogP contribution is 2.26. The second-order valence-electron chi connectivity index (χ2n) is 7.17. The van der Waals surface area contributed by atoms with Crippen molar-refractivity contribution in [3.05, 3.63) is 64.8 Å². The van der Waals surface area contributed by atoms with E-state index in [0.717, 1.165) is 48.3 Å². The third-order valence-corrected chi connectivity index (χ3v) is 5.59. The fourth-order valence-corrected chi connectivity index (χ4v) is 3.94. The Kier molecular flexibility index (Phi) is 4.19. The zero-order chi connectivity index (χ0) is 18.3. The Morgan fingerprint density at radius 3 is 2.42 bits per heavy atom. The van der Waals surface area contributed by atoms with Crippen LogP contribution in [0.15, 0.2) is 42.5 Å². The summed E-state index contributed by atoms with van der Waals surface area (Å²) in [6, 6.07) is 14.5. The maximum Gasteiger partial charge on any atom is 0.256 e. The van der Waals surface area contributed by atoms with Crippen LogP contribution in [0.3, 0.4) is 0 Å². The molecule has 1 aliphatic heterocycles. The van der Waals surface area contributed by atoms with Gasteiger partial charge in [0.2, 0.25) is 0 Å². The van der Waals surface area contributed by atoms with Crippen molar-refractivity contribution in [1.82, 2.24) is 9.88 Å². The van der Waals surface area contributed by atoms with Gasteiger partial charge in [-0.25, -0.2) is 0 Å². The minimum atomic E-state index is 0.139. The highest BCUT2D eigenvalue weighted by molar-refractivity contribution is 6.08. The molecule has 1 saturated heterocycles. The summed E-state index contributed by atoms with van der Waals surface area (Å²) in [6.45, 7) is 9.57. The van der Waals surface area contributed by atoms with Gasteiger partial charge >= 0.3 is 0 Å². The van der Waals surface area contributed by atoms with Crippen LogP contribution < -0.4 is 4.90 Å². The lowest BCUT2D eigenvalue weighted by Crippen LogP contribution is -2.49. The van der Waals surface area contributed by atoms with E-state index < -0.39 is 0 Å². The van der Waals surface area contributed by atoms with E-state index in [4.69, 9.17) is 0 Å². The monoisotopic (exact) mass is 347 g/mol. The largest absolute Gasteiger partial charge is 0.368 e. The molecule has 0 saturated carbocycles. The molecule has 4 heteroatoms. The molecule has 0 bridgehead atoms. The van der Waals surface area contributed by atoms with Crippen LogP contribution in [0.25, 0.3) is 10.9 Å². The number of benzene rings is 2. The minimum Gasteiger partial charge on any atom is -0.368 e. The van der Waals surface area contributed by atoms with Gasteiger partial charge < -0.3 is 14.8 Å². The van der Waals surface area contributed by atoms with Gasteiger partial charge in [-0.1, -0.05) is 30.3 Å². The molecule has 0 radical (unpaired) electrons. The quantitative estimate of drug-likeness (QED) is 0.759. The Balaban J connectivity index is 1.53. The first-order chi connectivity index (χ1) is 12.6. The number of hydrogen-bond donors (Lipinski definition) is 1. The number of carbonyl (C=O) groups excluding carboxylic acids is 1. The van der Waals surface area contributed by atoms with Gasteiger partial charge in [0.1, 0.15) is 0 Å². The van der Waals surface area contributed by atoms with Crippen LogP contribution in [-0.4, -0.2) is 42.0 Å². The van der Waals surface area contributed by atoms with E-state index in [1.165, 1.54) is 16.8 Å². The molecule has 0 atom stereocenters. The Bertz CT molecular complexity index is 965. The van der Waals surface area contributed by atoms with Gasteiger partial charge in [-0.05, 0) is 44.0 Å². The average molecular weight is 347 g/mol. The molecule has 4 rings (SSSR count). The van der Waals surface area contributed by atoms with Gasteiger partial charge in [0.15, 0.2) is 0 Å². The SMILES string of the molecule is Cc1cccc(N2CCN(C(=O)c3c(C)[nH]c4ccccc34)CC2)c1C. The predicted molar refractivity (Wildman–Crippen MR) is 107 cm³/mol. The molecule has 1 aromatic heterocycles. The molecule has 2 aromatic carbocycles. The Morgan fingerprint density at radius 2 is 1.65 bits per heavy atom. The average Bonchev–Trinajstić information content (AvgIpc) is 2.99. The van der Waals surface area contributed by atoms with Crippen molar-refractivity contribution in [1.29, 1.82) is 0 Å². The number of aromatic amines is 1. The lowest BCUT2D eigenvalue weighted by atomic mass is 10.1. The number of rotatable bonds is 2. The first-order valence-corrected chi connectivity index (χ1v) is 9.24. The van der Waals surface area contributed by atoms with Crippen molar-refractivity contribution in [3.8, 4) is 0 Å². The Labute approximate surface area is 154 Å². The molecule has 26 heavy (non-hydrogen) atoms. The van der Waals surface area contributed by atoms with Crippen LogP contribution in [-0.2, 0) is 0 Å². The van der Waals surface area contributed by atoms with E-state index in [9.17, 15) is 4.79 Å². The van der Waals surface area contributed by atoms with E-state index in [-0.39, 0.29) is 5.91 Å². The molecule has 0 aliphatic carbocycles. The minimum absolute atomic E-state index is 0.139. The zero-order valence-electron chi connectivity index (χ0n) is 15.7. The number of para-hydroxylation sites is 1. The topological polar surface area (TPSA) is 39.3 Å². The van der Waals surface area contributed by atoms with Crippen LogP contribution >= 0.6 is 0 Å². The molecule has 1 fully saturated rings. The number of amides is 1. The molecule has 0 spiro atoms. The second kappa shape index (κ2) is 6.52. The maximum absolute atomic E-state index is 13.1. The molecular weight excluding hydrogens is 322 g/mol. The predicted octanol–water partition coefficient (Wildman–Crippen LogP) is 4.06. The normalized spacial score (nSPS) is 14.9. The van der Waals surface area contributed by atoms with Crippen LogP contribution in [0.5, 0.6) is 0 Å². The van der Waals surface area contributed by atoms with Gasteiger partial charge in [-0.2, -0.15) is 0 Å². The van der Waals surface area contributed by atoms with E-state index in [1.54, 1.807) is 0 Å². The molecular formula is C22H25N3O. The number of aryl methyl sites for hydroxylation is 2. The Hall–Kier alpha value is -2.75. The van der Waals surface area contributed by atoms with Crippen molar-refractivity contribution in [2.24, 2.45) is 0 Å². The van der Waals surface area contributed by atoms with Crippen LogP contribution in [0.1, 0.15) is 27.2 Å². The summed E-state index contributed by atoms with van der Waals surface area (Å²) in [7, 11) is 0. The van der Waals surface area contributed by atoms with Crippen LogP contribution in [0, 0.1) is 20.8 Å². The first-order valence-electron chi connectivity index (χ1n) is 9.24. The fourth-order valence-electron chi connectivity index (χ4n) is 3.94. The van der Waals surface area contributed by atoms with E-state index in [2.05, 4.69) is 41.9 Å². The number of carbonyl (C=O) groups is 1. The molecule has 1 amide bonds. The number of nitrogens with one attached hydrogen (secondary N) is 1. The highest BCUT2D eigenvalue weighted by Gasteiger charge is 2.26. The standard InChI is InChI=1S/C22H25N3O/c1-15-7-6-10-20(16(15)2)24-11-13-25(14-12-24)22(26)21-17(3)23-19-9-5-4-8-18(19)21/h4-10,23H,11-14H2,1-3H3. The molecule has 1 aliphatic rings. The summed E-state index contributed by atoms with van der Waals surface area (Å²) >= 11 is 0. The maximum atomic E-state index is 13.1. The van der Waals surface area contributed by atoms with Crippen LogP contribution in [0.2, 0.25) is 0 Å². The molecule has 3 aromatic rings. The van der Waals surface area contributed by atoms with Gasteiger partial charge in [0.05, 0.1) is 5.56 Å². The molecule has 0 unspecified atom stereocenters. The Morgan fingerprint density at radius 1 is 0.923 bits per heavy atom. The number of hydrogen-bond acceptors (Lipinski definition) is 2. The van der Waals surface area contributed by atoms with E-state index in [0.29, 0.717) is 0 Å². The number of H-pyrrole nitrogens is 1. The molecule has 4 nitrogen and oxygen atoms in total. The third-order valence-electron chi connectivity index (χ3n) is 5.59. The number of piperazine rings is 1. The summed E-state index contributed by atoms with van der Waals surface area (Å²) < 4.78 is 0. The lowest BCUT2D eigenvalue weighted by Gasteiger charge is -2.37. The highest BCUT2D eigenvalue weighted by atomic mass is 16.2. The summed E-state index contributed by atoms with van der Waals surface area (Å²) in [4.78, 5) is 20.9. The molecule has 2 heterocycles. The number of nitrogens with zero attached hydrogens (tertiary/aromatic N) is 2. The second-order valence-corrected chi connectivity index (χ2v) is 7.17. The number of anilines is 1. The van der Waals surface area contributed by atoms with Crippen LogP contribution in [0.4, 0.5) is 5.69 Å². The molecule has 134 valence electrons. The third kappa shape index (κ3) is 2.75. The summed E-state index contributed by atoms with van der Waals surface area (Å²) in [6.07, 6.45) is 0. The van der Waals surface area contributed by atoms with Gasteiger partial charge in [0, 0.05) is 48.5 Å². The van der Waals surface area contributed by atoms with Crippen molar-refractivity contribution >= 4 is 22.5 Å².